The van der Waals surface area contributed by atoms with Crippen molar-refractivity contribution in [1.29, 1.82) is 0 Å². The van der Waals surface area contributed by atoms with Crippen LogP contribution >= 0.6 is 0 Å². The molecule has 3 aromatic carbocycles. The number of imidazole rings is 2. The maximum Gasteiger partial charge on any atom is 0.490 e. The molecule has 2 fully saturated rings. The zero-order valence-corrected chi connectivity index (χ0v) is 56.8. The Morgan fingerprint density at radius 2 is 1.30 bits per heavy atom. The number of hydrogen-bond acceptors (Lipinski definition) is 16. The Bertz CT molecular complexity index is 3920. The quantitative estimate of drug-likeness (QED) is 0.0139. The first-order valence-corrected chi connectivity index (χ1v) is 33.4. The van der Waals surface area contributed by atoms with Gasteiger partial charge in [-0.25, -0.2) is 14.8 Å². The first-order valence-electron chi connectivity index (χ1n) is 33.4. The molecule has 554 valence electrons. The number of carbonyl (C=O) groups excluding carboxylic acids is 10. The molecule has 2 saturated heterocycles. The van der Waals surface area contributed by atoms with Crippen molar-refractivity contribution >= 4 is 81.9 Å². The standard InChI is InChI=1S/C66H86N18O12.C2HF3O2/c1-4-70-64(95)55-17-11-25-84(55)65(96)48(16-10-24-71-66(67)68)76-58(89)49(26-38(2)3)77-62(93)53(30-43-34-83(37-74-43)33-40-12-6-5-7-13-40)81-59(90)50(27-39-18-20-44(86)21-19-39)78-63(94)54(35-85)82-60(91)51(28-41-31-72-46-15-9-8-14-45(41)46)79-61(92)52(29-42-32-69-36-73-42)80-57(88)47-22-23-56(87)75-47;3-2(4,5)1(6)7/h5-9,12-15,18-21,31-32,34,36-38,47-55,72,85-86H,4,10-11,16-17,22-30,33,35H2,1-3H3,(H,69,73)(H,70,95)(H,75,87)(H,76,89)(H,77,93)(H,78,94)(H,79,92)(H,80,88)(H,81,90)(H,82,91)(H4,67,68,71);(H,6,7). The van der Waals surface area contributed by atoms with Crippen LogP contribution in [0.4, 0.5) is 13.2 Å². The average molecular weight is 1440 g/mol. The number of carboxylic acid groups (broad SMARTS) is 1. The highest BCUT2D eigenvalue weighted by atomic mass is 19.4. The van der Waals surface area contributed by atoms with Gasteiger partial charge in [0.15, 0.2) is 5.96 Å². The molecule has 9 unspecified atom stereocenters. The van der Waals surface area contributed by atoms with Crippen LogP contribution in [0.15, 0.2) is 115 Å². The number of para-hydroxylation sites is 1. The Kier molecular flexibility index (Phi) is 29.0. The van der Waals surface area contributed by atoms with Gasteiger partial charge < -0.3 is 94.1 Å². The van der Waals surface area contributed by atoms with Crippen molar-refractivity contribution < 1.29 is 81.2 Å². The number of aliphatic hydroxyl groups excluding tert-OH is 1. The van der Waals surface area contributed by atoms with Crippen LogP contribution in [0.2, 0.25) is 0 Å². The highest BCUT2D eigenvalue weighted by Crippen LogP contribution is 2.23. The fraction of sp³-hybridized carbons (Fsp3) is 0.441. The molecule has 2 aliphatic heterocycles. The molecule has 10 amide bonds. The van der Waals surface area contributed by atoms with E-state index in [-0.39, 0.29) is 100 Å². The fourth-order valence-electron chi connectivity index (χ4n) is 11.6. The molecule has 3 aromatic heterocycles. The molecule has 9 atom stereocenters. The molecule has 2 aliphatic rings. The number of halogens is 3. The second kappa shape index (κ2) is 37.9. The van der Waals surface area contributed by atoms with Gasteiger partial charge in [0.25, 0.3) is 0 Å². The minimum absolute atomic E-state index is 0.0495. The summed E-state index contributed by atoms with van der Waals surface area (Å²) in [7, 11) is 0. The molecule has 6 aromatic rings. The first-order chi connectivity index (χ1) is 49.1. The van der Waals surface area contributed by atoms with Gasteiger partial charge in [-0.1, -0.05) is 74.5 Å². The number of aliphatic imine (C=N–C) groups is 1. The number of aliphatic hydroxyl groups is 1. The van der Waals surface area contributed by atoms with Crippen molar-refractivity contribution in [2.24, 2.45) is 22.4 Å². The number of likely N-dealkylation sites (tertiary alicyclic amines) is 1. The van der Waals surface area contributed by atoms with Gasteiger partial charge in [0.1, 0.15) is 60.1 Å². The molecule has 8 rings (SSSR count). The molecule has 0 bridgehead atoms. The molecule has 0 radical (unpaired) electrons. The SMILES string of the molecule is CCNC(=O)C1CCCN1C(=O)C(CCCN=C(N)N)NC(=O)C(CC(C)C)NC(=O)C(Cc1cn(Cc2ccccc2)cn1)NC(=O)C(Cc1ccc(O)cc1)NC(=O)C(CO)NC(=O)C(Cc1c[nH]c2ccccc12)NC(=O)C(Cc1cnc[nH]1)NC(=O)C1CCC(=O)N1.O=C(O)C(F)(F)F. The Morgan fingerprint density at radius 1 is 0.709 bits per heavy atom. The van der Waals surface area contributed by atoms with Gasteiger partial charge in [0.2, 0.25) is 59.1 Å². The van der Waals surface area contributed by atoms with Crippen LogP contribution in [-0.2, 0) is 85.0 Å². The number of aromatic nitrogens is 5. The number of amides is 10. The summed E-state index contributed by atoms with van der Waals surface area (Å²) in [5.74, 6) is -10.5. The third-order valence-electron chi connectivity index (χ3n) is 16.8. The van der Waals surface area contributed by atoms with Crippen molar-refractivity contribution in [3.8, 4) is 5.75 Å². The predicted molar refractivity (Wildman–Crippen MR) is 366 cm³/mol. The number of phenols is 1. The van der Waals surface area contributed by atoms with Crippen molar-refractivity contribution in [3.63, 3.8) is 0 Å². The van der Waals surface area contributed by atoms with Gasteiger partial charge >= 0.3 is 12.1 Å². The number of H-pyrrole nitrogens is 2. The van der Waals surface area contributed by atoms with Crippen LogP contribution in [0, 0.1) is 5.92 Å². The first kappa shape index (κ1) is 78.9. The number of aromatic amines is 2. The third kappa shape index (κ3) is 24.2. The number of guanidine groups is 1. The van der Waals surface area contributed by atoms with Crippen LogP contribution in [0.3, 0.4) is 0 Å². The van der Waals surface area contributed by atoms with E-state index in [4.69, 9.17) is 21.4 Å². The number of hydrogen-bond donors (Lipinski definition) is 16. The highest BCUT2D eigenvalue weighted by molar-refractivity contribution is 5.99. The van der Waals surface area contributed by atoms with Gasteiger partial charge in [0.05, 0.1) is 25.0 Å². The van der Waals surface area contributed by atoms with E-state index in [0.717, 1.165) is 5.56 Å². The Morgan fingerprint density at radius 3 is 1.90 bits per heavy atom. The molecule has 35 heteroatoms. The minimum Gasteiger partial charge on any atom is -0.508 e. The summed E-state index contributed by atoms with van der Waals surface area (Å²) in [5.41, 5.74) is 14.6. The summed E-state index contributed by atoms with van der Waals surface area (Å²) < 4.78 is 33.5. The number of likely N-dealkylation sites (N-methyl/N-ethyl adjacent to an activating group) is 1. The summed E-state index contributed by atoms with van der Waals surface area (Å²) in [4.78, 5) is 171. The lowest BCUT2D eigenvalue weighted by Crippen LogP contribution is -2.61. The van der Waals surface area contributed by atoms with Gasteiger partial charge in [-0.15, -0.1) is 0 Å². The van der Waals surface area contributed by atoms with Crippen molar-refractivity contribution in [2.75, 3.05) is 26.2 Å². The average Bonchev–Trinajstić information content (AvgIpc) is 1.76. The number of rotatable bonds is 34. The number of aliphatic carboxylic acids is 1. The number of nitrogens with zero attached hydrogens (tertiary/aromatic N) is 5. The molecular weight excluding hydrogens is 1350 g/mol. The van der Waals surface area contributed by atoms with E-state index < -0.39 is 120 Å². The number of nitrogens with two attached hydrogens (primary N) is 2. The smallest absolute Gasteiger partial charge is 0.490 e. The Balaban J connectivity index is 0.00000201. The molecule has 0 saturated carbocycles. The second-order valence-electron chi connectivity index (χ2n) is 25.2. The van der Waals surface area contributed by atoms with Crippen LogP contribution in [0.5, 0.6) is 5.75 Å². The minimum atomic E-state index is -5.08. The summed E-state index contributed by atoms with van der Waals surface area (Å²) in [6.45, 7) is 5.50. The van der Waals surface area contributed by atoms with Gasteiger partial charge in [-0.3, -0.25) is 52.9 Å². The summed E-state index contributed by atoms with van der Waals surface area (Å²) in [6, 6.07) is 10.5. The monoisotopic (exact) mass is 1440 g/mol. The van der Waals surface area contributed by atoms with E-state index in [9.17, 15) is 61.7 Å². The fourth-order valence-corrected chi connectivity index (χ4v) is 11.6. The Hall–Kier alpha value is -11.4. The van der Waals surface area contributed by atoms with E-state index in [2.05, 4.69) is 72.8 Å². The summed E-state index contributed by atoms with van der Waals surface area (Å²) >= 11 is 0. The molecule has 103 heavy (non-hydrogen) atoms. The number of aromatic hydroxyl groups is 1. The number of fused-ring (bicyclic) bond motifs is 1. The van der Waals surface area contributed by atoms with Crippen molar-refractivity contribution in [3.05, 3.63) is 138 Å². The van der Waals surface area contributed by atoms with E-state index in [0.29, 0.717) is 59.3 Å². The van der Waals surface area contributed by atoms with Crippen LogP contribution < -0.4 is 59.3 Å². The molecule has 0 spiro atoms. The number of benzene rings is 3. The molecular formula is C68H87F3N18O14. The second-order valence-corrected chi connectivity index (χ2v) is 25.2. The zero-order valence-electron chi connectivity index (χ0n) is 56.8. The zero-order chi connectivity index (χ0) is 74.9. The number of carbonyl (C=O) groups is 11. The lowest BCUT2D eigenvalue weighted by atomic mass is 10.0. The number of carboxylic acids is 1. The van der Waals surface area contributed by atoms with E-state index in [1.165, 1.54) is 41.7 Å². The molecule has 0 aliphatic carbocycles. The van der Waals surface area contributed by atoms with Crippen LogP contribution in [-0.4, -0.2) is 203 Å². The largest absolute Gasteiger partial charge is 0.508 e. The van der Waals surface area contributed by atoms with Crippen molar-refractivity contribution in [1.82, 2.24) is 77.3 Å². The molecule has 18 N–H and O–H groups in total. The number of alkyl halides is 3. The highest BCUT2D eigenvalue weighted by Gasteiger charge is 2.41. The Labute approximate surface area is 589 Å². The predicted octanol–water partition coefficient (Wildman–Crippen LogP) is -0.363. The number of nitrogens with one attached hydrogen (secondary N) is 11. The molecule has 5 heterocycles. The van der Waals surface area contributed by atoms with Gasteiger partial charge in [-0.2, -0.15) is 13.2 Å². The summed E-state index contributed by atoms with van der Waals surface area (Å²) in [5, 5.41) is 53.4. The van der Waals surface area contributed by atoms with Crippen LogP contribution in [0.1, 0.15) is 93.8 Å². The topological polar surface area (TPSA) is 487 Å². The summed E-state index contributed by atoms with van der Waals surface area (Å²) in [6.07, 6.45) is 3.41. The van der Waals surface area contributed by atoms with E-state index >= 15 is 9.59 Å². The van der Waals surface area contributed by atoms with Gasteiger partial charge in [-0.05, 0) is 86.3 Å². The number of phenolic OH excluding ortho intramolecular Hbond substituents is 1. The van der Waals surface area contributed by atoms with Crippen molar-refractivity contribution in [2.45, 2.75) is 158 Å². The van der Waals surface area contributed by atoms with Crippen LogP contribution in [0.25, 0.3) is 10.9 Å². The van der Waals surface area contributed by atoms with Gasteiger partial charge in [0, 0.05) is 93.5 Å². The normalized spacial score (nSPS) is 16.2. The lowest BCUT2D eigenvalue weighted by Gasteiger charge is -2.30. The lowest BCUT2D eigenvalue weighted by molar-refractivity contribution is -0.192. The maximum atomic E-state index is 15.1. The molecule has 32 nitrogen and oxygen atoms in total. The van der Waals surface area contributed by atoms with E-state index in [1.807, 2.05) is 50.2 Å². The third-order valence-corrected chi connectivity index (χ3v) is 16.8. The van der Waals surface area contributed by atoms with E-state index in [1.54, 1.807) is 48.4 Å². The maximum absolute atomic E-state index is 15.1.